The first-order valence-electron chi connectivity index (χ1n) is 5.53. The summed E-state index contributed by atoms with van der Waals surface area (Å²) in [4.78, 5) is 34.1. The Hall–Kier alpha value is -2.03. The zero-order valence-corrected chi connectivity index (χ0v) is 9.31. The lowest BCUT2D eigenvalue weighted by atomic mass is 9.93. The van der Waals surface area contributed by atoms with Crippen LogP contribution in [0, 0.1) is 0 Å². The Balaban J connectivity index is 1.99. The molecule has 0 unspecified atom stereocenters. The van der Waals surface area contributed by atoms with Gasteiger partial charge in [0.15, 0.2) is 17.3 Å². The molecule has 0 fully saturated rings. The minimum Gasteiger partial charge on any atom is -0.290 e. The molecule has 3 heteroatoms. The molecule has 0 bridgehead atoms. The molecule has 2 aliphatic carbocycles. The van der Waals surface area contributed by atoms with Gasteiger partial charge in [-0.2, -0.15) is 0 Å². The first kappa shape index (κ1) is 11.5. The Bertz CT molecular complexity index is 502. The smallest absolute Gasteiger partial charge is 0.182 e. The van der Waals surface area contributed by atoms with Gasteiger partial charge in [0.1, 0.15) is 0 Å². The second-order valence-electron chi connectivity index (χ2n) is 4.00. The molecular weight excluding hydrogens is 216 g/mol. The van der Waals surface area contributed by atoms with E-state index in [1.807, 2.05) is 12.2 Å². The number of ketones is 3. The highest BCUT2D eigenvalue weighted by molar-refractivity contribution is 6.17. The van der Waals surface area contributed by atoms with Gasteiger partial charge >= 0.3 is 0 Å². The van der Waals surface area contributed by atoms with E-state index in [0.717, 1.165) is 12.0 Å². The SMILES string of the molecule is O=C1C=CC(=O)C(CCC2=CCC=CC2=O)=C1. The number of carbonyl (C=O) groups is 3. The van der Waals surface area contributed by atoms with E-state index >= 15 is 0 Å². The van der Waals surface area contributed by atoms with Crippen LogP contribution in [0.25, 0.3) is 0 Å². The van der Waals surface area contributed by atoms with Crippen LogP contribution in [0.3, 0.4) is 0 Å². The van der Waals surface area contributed by atoms with Gasteiger partial charge in [-0.25, -0.2) is 0 Å². The van der Waals surface area contributed by atoms with Gasteiger partial charge in [0, 0.05) is 5.57 Å². The Labute approximate surface area is 99.2 Å². The van der Waals surface area contributed by atoms with Gasteiger partial charge in [-0.1, -0.05) is 12.2 Å². The molecule has 0 heterocycles. The van der Waals surface area contributed by atoms with Crippen molar-refractivity contribution >= 4 is 17.3 Å². The number of carbonyl (C=O) groups excluding carboxylic acids is 3. The highest BCUT2D eigenvalue weighted by Gasteiger charge is 2.15. The van der Waals surface area contributed by atoms with Gasteiger partial charge in [-0.15, -0.1) is 0 Å². The molecular formula is C14H12O3. The maximum Gasteiger partial charge on any atom is 0.182 e. The molecule has 0 saturated heterocycles. The zero-order chi connectivity index (χ0) is 12.3. The van der Waals surface area contributed by atoms with Crippen LogP contribution >= 0.6 is 0 Å². The van der Waals surface area contributed by atoms with E-state index in [1.165, 1.54) is 18.2 Å². The fourth-order valence-corrected chi connectivity index (χ4v) is 1.84. The molecule has 0 radical (unpaired) electrons. The highest BCUT2D eigenvalue weighted by atomic mass is 16.1. The van der Waals surface area contributed by atoms with E-state index < -0.39 is 0 Å². The van der Waals surface area contributed by atoms with E-state index in [1.54, 1.807) is 6.08 Å². The molecule has 0 amide bonds. The molecule has 0 spiro atoms. The van der Waals surface area contributed by atoms with Crippen LogP contribution in [0.5, 0.6) is 0 Å². The number of hydrogen-bond donors (Lipinski definition) is 0. The standard InChI is InChI=1S/C14H12O3/c15-12-7-8-14(17)11(9-12)6-5-10-3-1-2-4-13(10)16/h2-4,7-9H,1,5-6H2. The van der Waals surface area contributed by atoms with Crippen molar-refractivity contribution in [2.45, 2.75) is 19.3 Å². The van der Waals surface area contributed by atoms with Crippen molar-refractivity contribution < 1.29 is 14.4 Å². The quantitative estimate of drug-likeness (QED) is 0.693. The molecule has 0 aromatic heterocycles. The maximum absolute atomic E-state index is 11.5. The van der Waals surface area contributed by atoms with E-state index in [4.69, 9.17) is 0 Å². The fourth-order valence-electron chi connectivity index (χ4n) is 1.84. The summed E-state index contributed by atoms with van der Waals surface area (Å²) in [7, 11) is 0. The molecule has 0 aromatic carbocycles. The van der Waals surface area contributed by atoms with Crippen molar-refractivity contribution in [3.63, 3.8) is 0 Å². The van der Waals surface area contributed by atoms with Crippen molar-refractivity contribution in [2.24, 2.45) is 0 Å². The van der Waals surface area contributed by atoms with Gasteiger partial charge in [0.25, 0.3) is 0 Å². The number of hydrogen-bond acceptors (Lipinski definition) is 3. The van der Waals surface area contributed by atoms with E-state index in [2.05, 4.69) is 0 Å². The summed E-state index contributed by atoms with van der Waals surface area (Å²) < 4.78 is 0. The Morgan fingerprint density at radius 3 is 2.35 bits per heavy atom. The van der Waals surface area contributed by atoms with Gasteiger partial charge in [-0.3, -0.25) is 14.4 Å². The summed E-state index contributed by atoms with van der Waals surface area (Å²) in [6, 6.07) is 0. The summed E-state index contributed by atoms with van der Waals surface area (Å²) in [5.41, 5.74) is 1.21. The topological polar surface area (TPSA) is 51.2 Å². The predicted molar refractivity (Wildman–Crippen MR) is 63.3 cm³/mol. The summed E-state index contributed by atoms with van der Waals surface area (Å²) in [6.07, 6.45) is 10.9. The molecule has 0 atom stereocenters. The normalized spacial score (nSPS) is 19.4. The van der Waals surface area contributed by atoms with Crippen molar-refractivity contribution in [1.29, 1.82) is 0 Å². The molecule has 0 saturated carbocycles. The third-order valence-electron chi connectivity index (χ3n) is 2.78. The van der Waals surface area contributed by atoms with Gasteiger partial charge in [0.2, 0.25) is 0 Å². The first-order valence-corrected chi connectivity index (χ1v) is 5.53. The first-order chi connectivity index (χ1) is 8.16. The van der Waals surface area contributed by atoms with Crippen LogP contribution in [0.2, 0.25) is 0 Å². The average molecular weight is 228 g/mol. The molecule has 0 aromatic rings. The molecule has 2 rings (SSSR count). The molecule has 0 N–H and O–H groups in total. The van der Waals surface area contributed by atoms with Crippen molar-refractivity contribution in [3.8, 4) is 0 Å². The summed E-state index contributed by atoms with van der Waals surface area (Å²) in [5.74, 6) is -0.297. The van der Waals surface area contributed by atoms with Crippen LogP contribution in [0.15, 0.2) is 47.6 Å². The number of rotatable bonds is 3. The Kier molecular flexibility index (Phi) is 3.28. The van der Waals surface area contributed by atoms with Gasteiger partial charge < -0.3 is 0 Å². The highest BCUT2D eigenvalue weighted by Crippen LogP contribution is 2.19. The fraction of sp³-hybridized carbons (Fsp3) is 0.214. The lowest BCUT2D eigenvalue weighted by Gasteiger charge is -2.09. The van der Waals surface area contributed by atoms with Crippen LogP contribution in [-0.4, -0.2) is 17.3 Å². The van der Waals surface area contributed by atoms with E-state index in [9.17, 15) is 14.4 Å². The van der Waals surface area contributed by atoms with Crippen molar-refractivity contribution in [3.05, 3.63) is 47.6 Å². The van der Waals surface area contributed by atoms with Crippen LogP contribution < -0.4 is 0 Å². The van der Waals surface area contributed by atoms with Crippen molar-refractivity contribution in [2.75, 3.05) is 0 Å². The molecule has 3 nitrogen and oxygen atoms in total. The largest absolute Gasteiger partial charge is 0.290 e. The lowest BCUT2D eigenvalue weighted by molar-refractivity contribution is -0.114. The molecule has 86 valence electrons. The third-order valence-corrected chi connectivity index (χ3v) is 2.78. The van der Waals surface area contributed by atoms with Crippen molar-refractivity contribution in [1.82, 2.24) is 0 Å². The molecule has 0 aliphatic heterocycles. The second kappa shape index (κ2) is 4.87. The lowest BCUT2D eigenvalue weighted by Crippen LogP contribution is -2.09. The van der Waals surface area contributed by atoms with Crippen LogP contribution in [0.1, 0.15) is 19.3 Å². The maximum atomic E-state index is 11.5. The minimum atomic E-state index is -0.163. The van der Waals surface area contributed by atoms with E-state index in [0.29, 0.717) is 18.4 Å². The average Bonchev–Trinajstić information content (AvgIpc) is 2.32. The minimum absolute atomic E-state index is 0.00183. The monoisotopic (exact) mass is 228 g/mol. The van der Waals surface area contributed by atoms with Crippen LogP contribution in [-0.2, 0) is 14.4 Å². The second-order valence-corrected chi connectivity index (χ2v) is 4.00. The zero-order valence-electron chi connectivity index (χ0n) is 9.31. The summed E-state index contributed by atoms with van der Waals surface area (Å²) >= 11 is 0. The summed E-state index contributed by atoms with van der Waals surface area (Å²) in [6.45, 7) is 0. The number of allylic oxidation sites excluding steroid dienone is 8. The molecule has 17 heavy (non-hydrogen) atoms. The Morgan fingerprint density at radius 1 is 0.882 bits per heavy atom. The van der Waals surface area contributed by atoms with Gasteiger partial charge in [-0.05, 0) is 49.1 Å². The summed E-state index contributed by atoms with van der Waals surface area (Å²) in [5, 5.41) is 0. The third kappa shape index (κ3) is 2.75. The molecule has 2 aliphatic rings. The van der Waals surface area contributed by atoms with E-state index in [-0.39, 0.29) is 17.3 Å². The van der Waals surface area contributed by atoms with Crippen LogP contribution in [0.4, 0.5) is 0 Å². The van der Waals surface area contributed by atoms with Gasteiger partial charge in [0.05, 0.1) is 0 Å². The predicted octanol–water partition coefficient (Wildman–Crippen LogP) is 1.86. The Morgan fingerprint density at radius 2 is 1.59 bits per heavy atom.